The molecule has 0 bridgehead atoms. The number of aliphatic hydroxyl groups is 1. The Labute approximate surface area is 69.2 Å². The molecule has 0 amide bonds. The van der Waals surface area contributed by atoms with E-state index in [4.69, 9.17) is 0 Å². The van der Waals surface area contributed by atoms with Crippen LogP contribution in [0.2, 0.25) is 0 Å². The molecule has 0 radical (unpaired) electrons. The van der Waals surface area contributed by atoms with Crippen molar-refractivity contribution in [1.29, 1.82) is 0 Å². The average Bonchev–Trinajstić information content (AvgIpc) is 2.05. The molecule has 11 heavy (non-hydrogen) atoms. The summed E-state index contributed by atoms with van der Waals surface area (Å²) in [6.45, 7) is 7.53. The highest BCUT2D eigenvalue weighted by Crippen LogP contribution is 2.18. The minimum Gasteiger partial charge on any atom is -0.393 e. The molecular formula is C9H19NO. The first-order valence-corrected chi connectivity index (χ1v) is 4.64. The Balaban J connectivity index is 2.33. The van der Waals surface area contributed by atoms with Gasteiger partial charge in [0.25, 0.3) is 0 Å². The monoisotopic (exact) mass is 157 g/mol. The largest absolute Gasteiger partial charge is 0.393 e. The molecule has 0 spiro atoms. The van der Waals surface area contributed by atoms with Crippen LogP contribution in [0.5, 0.6) is 0 Å². The van der Waals surface area contributed by atoms with Crippen LogP contribution in [-0.4, -0.2) is 35.7 Å². The fourth-order valence-electron chi connectivity index (χ4n) is 1.77. The summed E-state index contributed by atoms with van der Waals surface area (Å²) in [6.07, 6.45) is 2.33. The van der Waals surface area contributed by atoms with Crippen LogP contribution in [0.1, 0.15) is 26.7 Å². The van der Waals surface area contributed by atoms with Gasteiger partial charge >= 0.3 is 0 Å². The van der Waals surface area contributed by atoms with E-state index in [1.807, 2.05) is 6.92 Å². The number of likely N-dealkylation sites (tertiary alicyclic amines) is 1. The number of nitrogens with zero attached hydrogens (tertiary/aromatic N) is 1. The topological polar surface area (TPSA) is 23.5 Å². The maximum absolute atomic E-state index is 9.36. The lowest BCUT2D eigenvalue weighted by Gasteiger charge is -2.33. The van der Waals surface area contributed by atoms with E-state index in [9.17, 15) is 5.11 Å². The van der Waals surface area contributed by atoms with Crippen LogP contribution in [0, 0.1) is 5.92 Å². The molecule has 1 fully saturated rings. The van der Waals surface area contributed by atoms with Gasteiger partial charge in [-0.2, -0.15) is 0 Å². The second-order valence-electron chi connectivity index (χ2n) is 3.54. The molecule has 1 N–H and O–H groups in total. The number of rotatable bonds is 2. The van der Waals surface area contributed by atoms with Crippen LogP contribution in [-0.2, 0) is 0 Å². The standard InChI is InChI=1S/C9H19NO/c1-3-10-6-4-5-9(7-10)8(2)11/h8-9,11H,3-7H2,1-2H3/t8-,9+/m1/s1. The molecule has 0 aromatic heterocycles. The van der Waals surface area contributed by atoms with Crippen molar-refractivity contribution in [3.63, 3.8) is 0 Å². The average molecular weight is 157 g/mol. The minimum atomic E-state index is -0.121. The van der Waals surface area contributed by atoms with Gasteiger partial charge in [0.2, 0.25) is 0 Å². The zero-order chi connectivity index (χ0) is 8.27. The summed E-state index contributed by atoms with van der Waals surface area (Å²) in [6, 6.07) is 0. The quantitative estimate of drug-likeness (QED) is 0.649. The summed E-state index contributed by atoms with van der Waals surface area (Å²) in [5.41, 5.74) is 0. The number of hydrogen-bond donors (Lipinski definition) is 1. The number of hydrogen-bond acceptors (Lipinski definition) is 2. The third-order valence-corrected chi connectivity index (χ3v) is 2.67. The van der Waals surface area contributed by atoms with Crippen LogP contribution in [0.15, 0.2) is 0 Å². The lowest BCUT2D eigenvalue weighted by molar-refractivity contribution is 0.0651. The van der Waals surface area contributed by atoms with Crippen LogP contribution < -0.4 is 0 Å². The van der Waals surface area contributed by atoms with Crippen molar-refractivity contribution >= 4 is 0 Å². The summed E-state index contributed by atoms with van der Waals surface area (Å²) in [5, 5.41) is 9.36. The van der Waals surface area contributed by atoms with Gasteiger partial charge < -0.3 is 10.0 Å². The van der Waals surface area contributed by atoms with Gasteiger partial charge in [0, 0.05) is 6.54 Å². The Morgan fingerprint density at radius 3 is 2.91 bits per heavy atom. The first-order chi connectivity index (χ1) is 5.24. The van der Waals surface area contributed by atoms with E-state index in [0.29, 0.717) is 5.92 Å². The third-order valence-electron chi connectivity index (χ3n) is 2.67. The highest BCUT2D eigenvalue weighted by Gasteiger charge is 2.21. The van der Waals surface area contributed by atoms with Crippen molar-refractivity contribution in [3.05, 3.63) is 0 Å². The molecule has 1 saturated heterocycles. The van der Waals surface area contributed by atoms with Gasteiger partial charge in [-0.15, -0.1) is 0 Å². The first kappa shape index (κ1) is 9.01. The second kappa shape index (κ2) is 4.07. The van der Waals surface area contributed by atoms with Crippen LogP contribution in [0.3, 0.4) is 0 Å². The van der Waals surface area contributed by atoms with Crippen molar-refractivity contribution in [3.8, 4) is 0 Å². The van der Waals surface area contributed by atoms with Crippen molar-refractivity contribution in [2.45, 2.75) is 32.8 Å². The third kappa shape index (κ3) is 2.46. The highest BCUT2D eigenvalue weighted by atomic mass is 16.3. The smallest absolute Gasteiger partial charge is 0.0552 e. The van der Waals surface area contributed by atoms with Gasteiger partial charge in [0.1, 0.15) is 0 Å². The van der Waals surface area contributed by atoms with E-state index in [-0.39, 0.29) is 6.10 Å². The molecule has 2 heteroatoms. The normalized spacial score (nSPS) is 30.3. The Hall–Kier alpha value is -0.0800. The lowest BCUT2D eigenvalue weighted by atomic mass is 9.93. The Morgan fingerprint density at radius 2 is 2.36 bits per heavy atom. The molecule has 0 aromatic rings. The molecule has 66 valence electrons. The van der Waals surface area contributed by atoms with E-state index in [2.05, 4.69) is 11.8 Å². The van der Waals surface area contributed by atoms with Crippen molar-refractivity contribution in [2.24, 2.45) is 5.92 Å². The van der Waals surface area contributed by atoms with Gasteiger partial charge in [-0.3, -0.25) is 0 Å². The SMILES string of the molecule is CCN1CCC[C@H]([C@@H](C)O)C1. The van der Waals surface area contributed by atoms with Crippen molar-refractivity contribution in [1.82, 2.24) is 4.90 Å². The Kier molecular flexibility index (Phi) is 3.34. The number of aliphatic hydroxyl groups excluding tert-OH is 1. The fraction of sp³-hybridized carbons (Fsp3) is 1.00. The Bertz CT molecular complexity index is 114. The minimum absolute atomic E-state index is 0.121. The van der Waals surface area contributed by atoms with E-state index < -0.39 is 0 Å². The van der Waals surface area contributed by atoms with Gasteiger partial charge in [-0.1, -0.05) is 6.92 Å². The van der Waals surface area contributed by atoms with Crippen LogP contribution in [0.4, 0.5) is 0 Å². The highest BCUT2D eigenvalue weighted by molar-refractivity contribution is 4.75. The summed E-state index contributed by atoms with van der Waals surface area (Å²) in [7, 11) is 0. The van der Waals surface area contributed by atoms with Gasteiger partial charge in [-0.05, 0) is 38.8 Å². The molecule has 0 unspecified atom stereocenters. The summed E-state index contributed by atoms with van der Waals surface area (Å²) in [5.74, 6) is 0.517. The van der Waals surface area contributed by atoms with Gasteiger partial charge in [0.15, 0.2) is 0 Å². The molecular weight excluding hydrogens is 138 g/mol. The van der Waals surface area contributed by atoms with E-state index >= 15 is 0 Å². The predicted molar refractivity (Wildman–Crippen MR) is 46.5 cm³/mol. The van der Waals surface area contributed by atoms with E-state index in [0.717, 1.165) is 13.1 Å². The Morgan fingerprint density at radius 1 is 1.64 bits per heavy atom. The molecule has 0 aromatic carbocycles. The molecule has 0 aliphatic carbocycles. The fourth-order valence-corrected chi connectivity index (χ4v) is 1.77. The maximum Gasteiger partial charge on any atom is 0.0552 e. The summed E-state index contributed by atoms with van der Waals surface area (Å²) >= 11 is 0. The zero-order valence-electron chi connectivity index (χ0n) is 7.58. The molecule has 1 aliphatic heterocycles. The van der Waals surface area contributed by atoms with Crippen LogP contribution in [0.25, 0.3) is 0 Å². The zero-order valence-corrected chi connectivity index (χ0v) is 7.58. The molecule has 1 aliphatic rings. The van der Waals surface area contributed by atoms with Crippen molar-refractivity contribution < 1.29 is 5.11 Å². The predicted octanol–water partition coefficient (Wildman–Crippen LogP) is 1.10. The number of piperidine rings is 1. The van der Waals surface area contributed by atoms with E-state index in [1.165, 1.54) is 19.4 Å². The summed E-state index contributed by atoms with van der Waals surface area (Å²) in [4.78, 5) is 2.42. The lowest BCUT2D eigenvalue weighted by Crippen LogP contribution is -2.39. The van der Waals surface area contributed by atoms with Gasteiger partial charge in [0.05, 0.1) is 6.10 Å². The molecule has 2 nitrogen and oxygen atoms in total. The first-order valence-electron chi connectivity index (χ1n) is 4.64. The van der Waals surface area contributed by atoms with Crippen molar-refractivity contribution in [2.75, 3.05) is 19.6 Å². The van der Waals surface area contributed by atoms with Gasteiger partial charge in [-0.25, -0.2) is 0 Å². The summed E-state index contributed by atoms with van der Waals surface area (Å²) < 4.78 is 0. The second-order valence-corrected chi connectivity index (χ2v) is 3.54. The molecule has 1 rings (SSSR count). The van der Waals surface area contributed by atoms with E-state index in [1.54, 1.807) is 0 Å². The van der Waals surface area contributed by atoms with Crippen LogP contribution >= 0.6 is 0 Å². The molecule has 0 saturated carbocycles. The molecule has 2 atom stereocenters. The maximum atomic E-state index is 9.36. The molecule has 1 heterocycles.